The van der Waals surface area contributed by atoms with E-state index in [1.165, 1.54) is 5.25 Å². The Morgan fingerprint density at radius 3 is 2.00 bits per heavy atom. The first-order valence-corrected chi connectivity index (χ1v) is 10.7. The molecule has 0 unspecified atom stereocenters. The molecule has 0 aliphatic rings. The summed E-state index contributed by atoms with van der Waals surface area (Å²) in [5.41, 5.74) is 0. The van der Waals surface area contributed by atoms with Crippen LogP contribution in [0, 0.1) is 11.3 Å². The monoisotopic (exact) mass is 173 g/mol. The molecular formula is C6H13GeN. The van der Waals surface area contributed by atoms with Crippen molar-refractivity contribution in [1.29, 1.82) is 5.26 Å². The Labute approximate surface area is 54.1 Å². The van der Waals surface area contributed by atoms with Crippen LogP contribution in [0.1, 0.15) is 6.42 Å². The Hall–Kier alpha value is 0.0329. The number of rotatable bonds is 2. The quantitative estimate of drug-likeness (QED) is 0.585. The fourth-order valence-electron chi connectivity index (χ4n) is 0.431. The first kappa shape index (κ1) is 8.03. The molecular weight excluding hydrogens is 159 g/mol. The van der Waals surface area contributed by atoms with Crippen molar-refractivity contribution >= 4 is 13.3 Å². The maximum atomic E-state index is 8.21. The normalized spacial score (nSPS) is 10.8. The zero-order valence-electron chi connectivity index (χ0n) is 5.86. The molecule has 2 heteroatoms. The van der Waals surface area contributed by atoms with Crippen molar-refractivity contribution in [2.45, 2.75) is 28.9 Å². The van der Waals surface area contributed by atoms with E-state index >= 15 is 0 Å². The van der Waals surface area contributed by atoms with Crippen LogP contribution in [-0.2, 0) is 0 Å². The predicted molar refractivity (Wildman–Crippen MR) is 38.4 cm³/mol. The van der Waals surface area contributed by atoms with Gasteiger partial charge in [0.2, 0.25) is 0 Å². The Bertz CT molecular complexity index is 96.1. The van der Waals surface area contributed by atoms with E-state index in [9.17, 15) is 0 Å². The molecule has 0 bridgehead atoms. The molecule has 0 aliphatic carbocycles. The topological polar surface area (TPSA) is 23.8 Å². The molecule has 8 heavy (non-hydrogen) atoms. The molecule has 0 aromatic rings. The molecule has 0 atom stereocenters. The SMILES string of the molecule is [CH3][Ge]([CH3])([CH3])[CH2]CC#N. The minimum atomic E-state index is -1.33. The van der Waals surface area contributed by atoms with Gasteiger partial charge < -0.3 is 0 Å². The van der Waals surface area contributed by atoms with Gasteiger partial charge in [-0.3, -0.25) is 0 Å². The summed E-state index contributed by atoms with van der Waals surface area (Å²) in [4.78, 5) is 0. The summed E-state index contributed by atoms with van der Waals surface area (Å²) in [6.45, 7) is 0. The van der Waals surface area contributed by atoms with Gasteiger partial charge in [0.25, 0.3) is 0 Å². The van der Waals surface area contributed by atoms with E-state index in [2.05, 4.69) is 23.3 Å². The van der Waals surface area contributed by atoms with Gasteiger partial charge in [-0.2, -0.15) is 0 Å². The summed E-state index contributed by atoms with van der Waals surface area (Å²) >= 11 is -1.33. The van der Waals surface area contributed by atoms with E-state index in [0.29, 0.717) is 0 Å². The van der Waals surface area contributed by atoms with E-state index < -0.39 is 13.3 Å². The van der Waals surface area contributed by atoms with Gasteiger partial charge in [0.1, 0.15) is 0 Å². The summed E-state index contributed by atoms with van der Waals surface area (Å²) in [5.74, 6) is 6.99. The molecule has 0 spiro atoms. The summed E-state index contributed by atoms with van der Waals surface area (Å²) in [7, 11) is 0. The zero-order chi connectivity index (χ0) is 6.62. The summed E-state index contributed by atoms with van der Waals surface area (Å²) < 4.78 is 0. The van der Waals surface area contributed by atoms with Crippen LogP contribution in [0.25, 0.3) is 0 Å². The molecule has 0 heterocycles. The van der Waals surface area contributed by atoms with Gasteiger partial charge in [0, 0.05) is 0 Å². The van der Waals surface area contributed by atoms with Crippen LogP contribution in [0.3, 0.4) is 0 Å². The maximum absolute atomic E-state index is 8.21. The molecule has 0 aliphatic heterocycles. The number of hydrogen-bond donors (Lipinski definition) is 0. The Kier molecular flexibility index (Phi) is 3.15. The fraction of sp³-hybridized carbons (Fsp3) is 0.833. The second kappa shape index (κ2) is 3.14. The zero-order valence-corrected chi connectivity index (χ0v) is 7.96. The Morgan fingerprint density at radius 1 is 1.38 bits per heavy atom. The Morgan fingerprint density at radius 2 is 1.88 bits per heavy atom. The van der Waals surface area contributed by atoms with Crippen LogP contribution in [0.4, 0.5) is 0 Å². The predicted octanol–water partition coefficient (Wildman–Crippen LogP) is 2.24. The van der Waals surface area contributed by atoms with Gasteiger partial charge in [-0.05, 0) is 0 Å². The number of nitrogens with zero attached hydrogens (tertiary/aromatic N) is 1. The Balaban J connectivity index is 3.28. The van der Waals surface area contributed by atoms with E-state index in [-0.39, 0.29) is 0 Å². The van der Waals surface area contributed by atoms with Gasteiger partial charge in [-0.25, -0.2) is 0 Å². The summed E-state index contributed by atoms with van der Waals surface area (Å²) in [6.07, 6.45) is 0.767. The van der Waals surface area contributed by atoms with Crippen molar-refractivity contribution in [3.63, 3.8) is 0 Å². The first-order chi connectivity index (χ1) is 3.56. The molecule has 0 amide bonds. The summed E-state index contributed by atoms with van der Waals surface area (Å²) in [6, 6.07) is 2.17. The average Bonchev–Trinajstić information content (AvgIpc) is 1.59. The average molecular weight is 172 g/mol. The van der Waals surface area contributed by atoms with Crippen molar-refractivity contribution in [2.24, 2.45) is 0 Å². The molecule has 1 nitrogen and oxygen atoms in total. The number of nitriles is 1. The van der Waals surface area contributed by atoms with Crippen molar-refractivity contribution in [1.82, 2.24) is 0 Å². The third-order valence-electron chi connectivity index (χ3n) is 0.987. The van der Waals surface area contributed by atoms with Gasteiger partial charge >= 0.3 is 53.5 Å². The number of hydrogen-bond acceptors (Lipinski definition) is 1. The molecule has 46 valence electrons. The van der Waals surface area contributed by atoms with Crippen molar-refractivity contribution in [3.8, 4) is 6.07 Å². The van der Waals surface area contributed by atoms with Crippen molar-refractivity contribution in [3.05, 3.63) is 0 Å². The van der Waals surface area contributed by atoms with Crippen LogP contribution in [0.2, 0.25) is 22.5 Å². The molecule has 0 aromatic heterocycles. The van der Waals surface area contributed by atoms with Crippen molar-refractivity contribution < 1.29 is 0 Å². The van der Waals surface area contributed by atoms with Gasteiger partial charge in [-0.15, -0.1) is 0 Å². The van der Waals surface area contributed by atoms with Crippen LogP contribution in [0.15, 0.2) is 0 Å². The van der Waals surface area contributed by atoms with Gasteiger partial charge in [0.15, 0.2) is 0 Å². The molecule has 0 radical (unpaired) electrons. The molecule has 0 fully saturated rings. The fourth-order valence-corrected chi connectivity index (χ4v) is 2.24. The molecule has 0 N–H and O–H groups in total. The molecule has 0 aromatic carbocycles. The second-order valence-electron chi connectivity index (χ2n) is 3.22. The van der Waals surface area contributed by atoms with E-state index in [1.807, 2.05) is 0 Å². The first-order valence-electron chi connectivity index (χ1n) is 2.93. The van der Waals surface area contributed by atoms with Gasteiger partial charge in [-0.1, -0.05) is 0 Å². The van der Waals surface area contributed by atoms with Crippen LogP contribution in [0.5, 0.6) is 0 Å². The second-order valence-corrected chi connectivity index (χ2v) is 15.0. The van der Waals surface area contributed by atoms with Crippen molar-refractivity contribution in [2.75, 3.05) is 0 Å². The van der Waals surface area contributed by atoms with Crippen LogP contribution >= 0.6 is 0 Å². The summed E-state index contributed by atoms with van der Waals surface area (Å²) in [5, 5.41) is 9.40. The van der Waals surface area contributed by atoms with Crippen LogP contribution in [-0.4, -0.2) is 13.3 Å². The van der Waals surface area contributed by atoms with E-state index in [0.717, 1.165) is 6.42 Å². The molecule has 0 rings (SSSR count). The molecule has 0 saturated heterocycles. The molecule has 0 saturated carbocycles. The third-order valence-corrected chi connectivity index (χ3v) is 4.66. The van der Waals surface area contributed by atoms with E-state index in [4.69, 9.17) is 5.26 Å². The van der Waals surface area contributed by atoms with Crippen LogP contribution < -0.4 is 0 Å². The van der Waals surface area contributed by atoms with Gasteiger partial charge in [0.05, 0.1) is 0 Å². The third kappa shape index (κ3) is 6.03. The van der Waals surface area contributed by atoms with E-state index in [1.54, 1.807) is 0 Å². The standard InChI is InChI=1S/C6H13GeN/c1-7(2,3)5-4-6-8/h4-5H2,1-3H3. The minimum absolute atomic E-state index is 0.767.